The van der Waals surface area contributed by atoms with Crippen molar-refractivity contribution in [3.8, 4) is 0 Å². The zero-order valence-corrected chi connectivity index (χ0v) is 15.4. The van der Waals surface area contributed by atoms with Crippen LogP contribution in [-0.2, 0) is 9.53 Å². The molecule has 3 heteroatoms. The van der Waals surface area contributed by atoms with E-state index in [-0.39, 0.29) is 0 Å². The van der Waals surface area contributed by atoms with Crippen molar-refractivity contribution in [2.45, 2.75) is 97.0 Å². The van der Waals surface area contributed by atoms with Gasteiger partial charge in [-0.2, -0.15) is 0 Å². The second-order valence-electron chi connectivity index (χ2n) is 8.20. The lowest BCUT2D eigenvalue weighted by atomic mass is 9.59. The van der Waals surface area contributed by atoms with Crippen molar-refractivity contribution in [1.82, 2.24) is 5.32 Å². The van der Waals surface area contributed by atoms with Crippen LogP contribution in [0.4, 0.5) is 0 Å². The minimum atomic E-state index is 0.302. The molecule has 0 atom stereocenters. The van der Waals surface area contributed by atoms with Crippen LogP contribution in [0.25, 0.3) is 0 Å². The summed E-state index contributed by atoms with van der Waals surface area (Å²) in [5.74, 6) is 1.28. The SMILES string of the molecule is CC(C)OCCCCCCCNC(=O)CC12CCC(CC1)CC2. The van der Waals surface area contributed by atoms with Gasteiger partial charge < -0.3 is 10.1 Å². The molecule has 3 nitrogen and oxygen atoms in total. The van der Waals surface area contributed by atoms with Crippen molar-refractivity contribution in [3.05, 3.63) is 0 Å². The molecule has 0 unspecified atom stereocenters. The summed E-state index contributed by atoms with van der Waals surface area (Å²) in [7, 11) is 0. The Hall–Kier alpha value is -0.570. The van der Waals surface area contributed by atoms with Crippen LogP contribution in [0.1, 0.15) is 90.9 Å². The first-order valence-electron chi connectivity index (χ1n) is 9.98. The minimum absolute atomic E-state index is 0.302. The van der Waals surface area contributed by atoms with E-state index in [1.165, 1.54) is 57.8 Å². The third-order valence-corrected chi connectivity index (χ3v) is 5.88. The van der Waals surface area contributed by atoms with Crippen LogP contribution in [0.3, 0.4) is 0 Å². The Morgan fingerprint density at radius 3 is 2.30 bits per heavy atom. The highest BCUT2D eigenvalue weighted by Gasteiger charge is 2.41. The summed E-state index contributed by atoms with van der Waals surface area (Å²) in [6.07, 6.45) is 15.1. The van der Waals surface area contributed by atoms with Gasteiger partial charge in [-0.15, -0.1) is 0 Å². The molecule has 0 heterocycles. The molecule has 3 aliphatic carbocycles. The molecule has 134 valence electrons. The Balaban J connectivity index is 1.44. The number of nitrogens with one attached hydrogen (secondary N) is 1. The summed E-state index contributed by atoms with van der Waals surface area (Å²) in [5, 5.41) is 3.16. The highest BCUT2D eigenvalue weighted by molar-refractivity contribution is 5.76. The van der Waals surface area contributed by atoms with E-state index >= 15 is 0 Å². The van der Waals surface area contributed by atoms with Crippen molar-refractivity contribution in [1.29, 1.82) is 0 Å². The van der Waals surface area contributed by atoms with Gasteiger partial charge in [0.05, 0.1) is 6.10 Å². The zero-order valence-electron chi connectivity index (χ0n) is 15.4. The van der Waals surface area contributed by atoms with Gasteiger partial charge in [-0.3, -0.25) is 4.79 Å². The normalized spacial score (nSPS) is 26.7. The van der Waals surface area contributed by atoms with E-state index in [1.54, 1.807) is 0 Å². The molecule has 0 aromatic heterocycles. The molecule has 2 bridgehead atoms. The van der Waals surface area contributed by atoms with Crippen LogP contribution in [0.2, 0.25) is 0 Å². The standard InChI is InChI=1S/C20H37NO2/c1-17(2)23-15-7-5-3-4-6-14-21-19(22)16-20-11-8-18(9-12-20)10-13-20/h17-18H,3-16H2,1-2H3,(H,21,22). The maximum absolute atomic E-state index is 12.2. The number of carbonyl (C=O) groups excluding carboxylic acids is 1. The fraction of sp³-hybridized carbons (Fsp3) is 0.950. The molecule has 3 fully saturated rings. The molecule has 0 saturated heterocycles. The summed E-state index contributed by atoms with van der Waals surface area (Å²) >= 11 is 0. The average molecular weight is 324 g/mol. The number of fused-ring (bicyclic) bond motifs is 3. The quantitative estimate of drug-likeness (QED) is 0.553. The highest BCUT2D eigenvalue weighted by Crippen LogP contribution is 2.52. The Morgan fingerprint density at radius 1 is 1.04 bits per heavy atom. The smallest absolute Gasteiger partial charge is 0.220 e. The van der Waals surface area contributed by atoms with E-state index in [0.717, 1.165) is 38.3 Å². The molecule has 0 spiro atoms. The Morgan fingerprint density at radius 2 is 1.65 bits per heavy atom. The van der Waals surface area contributed by atoms with Crippen LogP contribution < -0.4 is 5.32 Å². The maximum atomic E-state index is 12.2. The summed E-state index contributed by atoms with van der Waals surface area (Å²) in [6.45, 7) is 5.92. The zero-order chi connectivity index (χ0) is 16.5. The van der Waals surface area contributed by atoms with Crippen molar-refractivity contribution in [2.24, 2.45) is 11.3 Å². The molecule has 0 aliphatic heterocycles. The molecule has 3 aliphatic rings. The molecule has 0 aromatic carbocycles. The summed E-state index contributed by atoms with van der Waals surface area (Å²) < 4.78 is 5.54. The molecular formula is C20H37NO2. The third kappa shape index (κ3) is 6.82. The van der Waals surface area contributed by atoms with Crippen LogP contribution >= 0.6 is 0 Å². The van der Waals surface area contributed by atoms with Crippen molar-refractivity contribution in [3.63, 3.8) is 0 Å². The van der Waals surface area contributed by atoms with Crippen LogP contribution in [0.5, 0.6) is 0 Å². The topological polar surface area (TPSA) is 38.3 Å². The Kier molecular flexibility index (Phi) is 7.88. The monoisotopic (exact) mass is 323 g/mol. The predicted octanol–water partition coefficient (Wildman–Crippen LogP) is 4.84. The van der Waals surface area contributed by atoms with Gasteiger partial charge >= 0.3 is 0 Å². The first-order chi connectivity index (χ1) is 11.1. The van der Waals surface area contributed by atoms with Crippen molar-refractivity contribution in [2.75, 3.05) is 13.2 Å². The molecule has 0 aromatic rings. The molecule has 1 amide bonds. The highest BCUT2D eigenvalue weighted by atomic mass is 16.5. The van der Waals surface area contributed by atoms with E-state index in [1.807, 2.05) is 0 Å². The first-order valence-corrected chi connectivity index (χ1v) is 9.98. The van der Waals surface area contributed by atoms with Gasteiger partial charge in [0.2, 0.25) is 5.91 Å². The molecule has 3 saturated carbocycles. The van der Waals surface area contributed by atoms with Gasteiger partial charge in [0.1, 0.15) is 0 Å². The van der Waals surface area contributed by atoms with Crippen LogP contribution in [0.15, 0.2) is 0 Å². The predicted molar refractivity (Wildman–Crippen MR) is 95.4 cm³/mol. The largest absolute Gasteiger partial charge is 0.379 e. The van der Waals surface area contributed by atoms with Gasteiger partial charge in [0.15, 0.2) is 0 Å². The van der Waals surface area contributed by atoms with Crippen molar-refractivity contribution < 1.29 is 9.53 Å². The van der Waals surface area contributed by atoms with E-state index in [4.69, 9.17) is 4.74 Å². The maximum Gasteiger partial charge on any atom is 0.220 e. The van der Waals surface area contributed by atoms with E-state index in [2.05, 4.69) is 19.2 Å². The number of unbranched alkanes of at least 4 members (excludes halogenated alkanes) is 4. The Bertz CT molecular complexity index is 332. The van der Waals surface area contributed by atoms with Gasteiger partial charge in [-0.1, -0.05) is 19.3 Å². The summed E-state index contributed by atoms with van der Waals surface area (Å²) in [4.78, 5) is 12.2. The number of amides is 1. The second-order valence-corrected chi connectivity index (χ2v) is 8.20. The minimum Gasteiger partial charge on any atom is -0.379 e. The molecule has 3 rings (SSSR count). The van der Waals surface area contributed by atoms with E-state index in [9.17, 15) is 4.79 Å². The van der Waals surface area contributed by atoms with E-state index in [0.29, 0.717) is 17.4 Å². The van der Waals surface area contributed by atoms with Gasteiger partial charge in [0, 0.05) is 19.6 Å². The molecule has 23 heavy (non-hydrogen) atoms. The molecule has 1 N–H and O–H groups in total. The number of ether oxygens (including phenoxy) is 1. The summed E-state index contributed by atoms with van der Waals surface area (Å²) in [6, 6.07) is 0. The number of carbonyl (C=O) groups is 1. The van der Waals surface area contributed by atoms with Gasteiger partial charge in [-0.25, -0.2) is 0 Å². The van der Waals surface area contributed by atoms with Crippen molar-refractivity contribution >= 4 is 5.91 Å². The lowest BCUT2D eigenvalue weighted by Crippen LogP contribution is -2.39. The molecular weight excluding hydrogens is 286 g/mol. The van der Waals surface area contributed by atoms with Gasteiger partial charge in [-0.05, 0) is 76.5 Å². The number of hydrogen-bond donors (Lipinski definition) is 1. The third-order valence-electron chi connectivity index (χ3n) is 5.88. The van der Waals surface area contributed by atoms with E-state index < -0.39 is 0 Å². The second kappa shape index (κ2) is 9.66. The summed E-state index contributed by atoms with van der Waals surface area (Å²) in [5.41, 5.74) is 0.370. The number of hydrogen-bond acceptors (Lipinski definition) is 2. The fourth-order valence-electron chi connectivity index (χ4n) is 4.31. The van der Waals surface area contributed by atoms with Crippen LogP contribution in [-0.4, -0.2) is 25.2 Å². The average Bonchev–Trinajstić information content (AvgIpc) is 2.54. The fourth-order valence-corrected chi connectivity index (χ4v) is 4.31. The number of rotatable bonds is 11. The lowest BCUT2D eigenvalue weighted by Gasteiger charge is -2.46. The Labute approximate surface area is 142 Å². The van der Waals surface area contributed by atoms with Crippen LogP contribution in [0, 0.1) is 11.3 Å². The first kappa shape index (κ1) is 18.8. The lowest BCUT2D eigenvalue weighted by molar-refractivity contribution is -0.125. The van der Waals surface area contributed by atoms with Gasteiger partial charge in [0.25, 0.3) is 0 Å². The molecule has 0 radical (unpaired) electrons.